The van der Waals surface area contributed by atoms with Gasteiger partial charge in [0.25, 0.3) is 11.5 Å². The number of nitrogens with zero attached hydrogens (tertiary/aromatic N) is 1. The first-order valence-electron chi connectivity index (χ1n) is 9.52. The van der Waals surface area contributed by atoms with E-state index in [-0.39, 0.29) is 30.9 Å². The lowest BCUT2D eigenvalue weighted by molar-refractivity contribution is -0.140. The van der Waals surface area contributed by atoms with Crippen molar-refractivity contribution >= 4 is 21.7 Å². The number of amides is 1. The third-order valence-electron chi connectivity index (χ3n) is 5.36. The van der Waals surface area contributed by atoms with E-state index in [9.17, 15) is 22.8 Å². The maximum Gasteiger partial charge on any atom is 0.305 e. The third kappa shape index (κ3) is 5.80. The van der Waals surface area contributed by atoms with Crippen LogP contribution in [0.3, 0.4) is 0 Å². The van der Waals surface area contributed by atoms with Crippen molar-refractivity contribution in [3.05, 3.63) is 58.5 Å². The molecule has 31 heavy (non-hydrogen) atoms. The van der Waals surface area contributed by atoms with E-state index in [1.54, 1.807) is 6.07 Å². The topological polar surface area (TPSA) is 132 Å². The summed E-state index contributed by atoms with van der Waals surface area (Å²) >= 11 is 0. The summed E-state index contributed by atoms with van der Waals surface area (Å²) in [7, 11) is -2.50. The summed E-state index contributed by atoms with van der Waals surface area (Å²) in [5, 5.41) is 8.89. The molecule has 1 amide bonds. The van der Waals surface area contributed by atoms with Gasteiger partial charge in [-0.05, 0) is 42.5 Å². The molecule has 168 valence electrons. The van der Waals surface area contributed by atoms with Gasteiger partial charge in [-0.15, -0.1) is 0 Å². The Morgan fingerprint density at radius 2 is 1.81 bits per heavy atom. The van der Waals surface area contributed by atoms with Crippen molar-refractivity contribution in [2.24, 2.45) is 0 Å². The number of hydrogen-bond donors (Lipinski definition) is 2. The van der Waals surface area contributed by atoms with Crippen molar-refractivity contribution in [2.75, 3.05) is 13.4 Å². The highest BCUT2D eigenvalue weighted by molar-refractivity contribution is 7.92. The van der Waals surface area contributed by atoms with Crippen LogP contribution in [0.1, 0.15) is 25.3 Å². The van der Waals surface area contributed by atoms with Crippen LogP contribution < -0.4 is 11.0 Å². The number of benzene rings is 1. The summed E-state index contributed by atoms with van der Waals surface area (Å²) < 4.78 is 28.1. The van der Waals surface area contributed by atoms with Crippen LogP contribution in [-0.2, 0) is 37.1 Å². The number of carbonyl (C=O) groups is 2. The minimum atomic E-state index is -3.84. The molecule has 1 atom stereocenters. The number of methoxy groups -OCH3 is 1. The Kier molecular flexibility index (Phi) is 7.75. The fourth-order valence-corrected chi connectivity index (χ4v) is 3.85. The standard InChI is InChI=1S/C21H26N2O7S/c1-21(20(26)22-27,31(3,28)29)11-13-23-12-10-17(14-18(23)24)16-7-4-15(5-8-16)6-9-19(25)30-2/h4-5,7-8,10,12,14,27H,6,9,11,13H2,1-3H3,(H,22,26)/t21-/m1/s1. The molecule has 2 aromatic rings. The molecule has 9 nitrogen and oxygen atoms in total. The highest BCUT2D eigenvalue weighted by Crippen LogP contribution is 2.23. The highest BCUT2D eigenvalue weighted by atomic mass is 32.2. The number of ether oxygens (including phenoxy) is 1. The molecule has 10 heteroatoms. The molecular weight excluding hydrogens is 424 g/mol. The lowest BCUT2D eigenvalue weighted by Gasteiger charge is -2.25. The Bertz CT molecular complexity index is 1110. The molecule has 0 bridgehead atoms. The van der Waals surface area contributed by atoms with Crippen LogP contribution >= 0.6 is 0 Å². The van der Waals surface area contributed by atoms with E-state index in [1.807, 2.05) is 24.3 Å². The van der Waals surface area contributed by atoms with Crippen molar-refractivity contribution in [2.45, 2.75) is 37.5 Å². The number of esters is 1. The number of hydroxylamine groups is 1. The number of nitrogens with one attached hydrogen (secondary N) is 1. The van der Waals surface area contributed by atoms with Gasteiger partial charge in [-0.2, -0.15) is 0 Å². The van der Waals surface area contributed by atoms with Gasteiger partial charge in [0.05, 0.1) is 7.11 Å². The molecule has 0 saturated heterocycles. The first-order chi connectivity index (χ1) is 14.5. The van der Waals surface area contributed by atoms with Crippen LogP contribution in [0.5, 0.6) is 0 Å². The molecule has 0 radical (unpaired) electrons. The average Bonchev–Trinajstić information content (AvgIpc) is 2.75. The molecule has 0 aliphatic heterocycles. The Balaban J connectivity index is 2.16. The number of aryl methyl sites for hydroxylation is 2. The van der Waals surface area contributed by atoms with Crippen molar-refractivity contribution in [3.63, 3.8) is 0 Å². The van der Waals surface area contributed by atoms with Crippen molar-refractivity contribution in [3.8, 4) is 11.1 Å². The van der Waals surface area contributed by atoms with Crippen LogP contribution in [0, 0.1) is 0 Å². The second-order valence-electron chi connectivity index (χ2n) is 7.41. The molecule has 1 aromatic carbocycles. The van der Waals surface area contributed by atoms with Crippen LogP contribution in [-0.4, -0.2) is 48.2 Å². The van der Waals surface area contributed by atoms with E-state index in [1.165, 1.54) is 36.3 Å². The Morgan fingerprint density at radius 3 is 2.32 bits per heavy atom. The minimum absolute atomic E-state index is 0.0252. The van der Waals surface area contributed by atoms with Crippen molar-refractivity contribution in [1.82, 2.24) is 10.0 Å². The van der Waals surface area contributed by atoms with Gasteiger partial charge in [-0.25, -0.2) is 13.9 Å². The molecule has 0 spiro atoms. The van der Waals surface area contributed by atoms with Gasteiger partial charge in [-0.3, -0.25) is 19.6 Å². The molecule has 1 aromatic heterocycles. The lowest BCUT2D eigenvalue weighted by atomic mass is 10.0. The highest BCUT2D eigenvalue weighted by Gasteiger charge is 2.43. The number of carbonyl (C=O) groups excluding carboxylic acids is 2. The second kappa shape index (κ2) is 9.88. The number of aromatic nitrogens is 1. The molecule has 0 unspecified atom stereocenters. The van der Waals surface area contributed by atoms with Crippen molar-refractivity contribution in [1.29, 1.82) is 0 Å². The largest absolute Gasteiger partial charge is 0.469 e. The van der Waals surface area contributed by atoms with Crippen LogP contribution in [0.2, 0.25) is 0 Å². The van der Waals surface area contributed by atoms with E-state index < -0.39 is 20.5 Å². The first kappa shape index (κ1) is 24.3. The maximum atomic E-state index is 12.5. The van der Waals surface area contributed by atoms with Gasteiger partial charge >= 0.3 is 5.97 Å². The van der Waals surface area contributed by atoms with Crippen LogP contribution in [0.4, 0.5) is 0 Å². The number of hydrogen-bond acceptors (Lipinski definition) is 7. The monoisotopic (exact) mass is 450 g/mol. The van der Waals surface area contributed by atoms with Crippen LogP contribution in [0.25, 0.3) is 11.1 Å². The fourth-order valence-electron chi connectivity index (χ4n) is 3.00. The summed E-state index contributed by atoms with van der Waals surface area (Å²) in [6.07, 6.45) is 3.08. The number of pyridine rings is 1. The van der Waals surface area contributed by atoms with E-state index in [0.29, 0.717) is 12.0 Å². The van der Waals surface area contributed by atoms with Crippen LogP contribution in [0.15, 0.2) is 47.4 Å². The number of sulfone groups is 1. The Hall–Kier alpha value is -2.98. The van der Waals surface area contributed by atoms with E-state index in [2.05, 4.69) is 4.74 Å². The third-order valence-corrected chi connectivity index (χ3v) is 7.39. The van der Waals surface area contributed by atoms with Gasteiger partial charge in [0.2, 0.25) is 0 Å². The quantitative estimate of drug-likeness (QED) is 0.334. The molecule has 1 heterocycles. The van der Waals surface area contributed by atoms with E-state index in [4.69, 9.17) is 5.21 Å². The van der Waals surface area contributed by atoms with Gasteiger partial charge in [-0.1, -0.05) is 24.3 Å². The molecule has 2 rings (SSSR count). The summed E-state index contributed by atoms with van der Waals surface area (Å²) in [5.41, 5.74) is 3.49. The zero-order chi connectivity index (χ0) is 23.2. The van der Waals surface area contributed by atoms with Gasteiger partial charge in [0, 0.05) is 31.5 Å². The predicted molar refractivity (Wildman–Crippen MR) is 114 cm³/mol. The fraction of sp³-hybridized carbons (Fsp3) is 0.381. The minimum Gasteiger partial charge on any atom is -0.469 e. The van der Waals surface area contributed by atoms with Gasteiger partial charge in [0.15, 0.2) is 14.6 Å². The second-order valence-corrected chi connectivity index (χ2v) is 9.86. The number of rotatable bonds is 9. The normalized spacial score (nSPS) is 13.3. The first-order valence-corrected chi connectivity index (χ1v) is 11.4. The average molecular weight is 451 g/mol. The Morgan fingerprint density at radius 1 is 1.16 bits per heavy atom. The summed E-state index contributed by atoms with van der Waals surface area (Å²) in [4.78, 5) is 35.7. The molecule has 0 saturated carbocycles. The summed E-state index contributed by atoms with van der Waals surface area (Å²) in [5.74, 6) is -1.33. The van der Waals surface area contributed by atoms with Gasteiger partial charge in [0.1, 0.15) is 0 Å². The molecule has 0 aliphatic rings. The molecular formula is C21H26N2O7S. The summed E-state index contributed by atoms with van der Waals surface area (Å²) in [6.45, 7) is 1.18. The zero-order valence-corrected chi connectivity index (χ0v) is 18.4. The molecule has 2 N–H and O–H groups in total. The van der Waals surface area contributed by atoms with E-state index in [0.717, 1.165) is 17.4 Å². The Labute approximate surface area is 180 Å². The summed E-state index contributed by atoms with van der Waals surface area (Å²) in [6, 6.07) is 10.6. The lowest BCUT2D eigenvalue weighted by Crippen LogP contribution is -2.49. The smallest absolute Gasteiger partial charge is 0.305 e. The SMILES string of the molecule is COC(=O)CCc1ccc(-c2ccn(CC[C@](C)(C(=O)NO)S(C)(=O)=O)c(=O)c2)cc1. The zero-order valence-electron chi connectivity index (χ0n) is 17.6. The molecule has 0 fully saturated rings. The molecule has 0 aliphatic carbocycles. The van der Waals surface area contributed by atoms with E-state index >= 15 is 0 Å². The van der Waals surface area contributed by atoms with Crippen molar-refractivity contribution < 1.29 is 28.0 Å². The maximum absolute atomic E-state index is 12.5. The van der Waals surface area contributed by atoms with Gasteiger partial charge < -0.3 is 9.30 Å². The predicted octanol–water partition coefficient (Wildman–Crippen LogP) is 1.32.